The standard InChI is InChI=1S/C18H17N3O6S/c1-8-10(3)28-17-14(8)16(22)19-15(20-17)9(2)27-18(23)11-5-6-13(26-4)12(7-11)21(24)25/h5-7,9H,1-4H3,(H,19,20,22)/t9-/m1/s1. The number of carbonyl (C=O) groups is 1. The van der Waals surface area contributed by atoms with E-state index in [9.17, 15) is 19.7 Å². The van der Waals surface area contributed by atoms with E-state index in [0.717, 1.165) is 16.5 Å². The van der Waals surface area contributed by atoms with Crippen LogP contribution in [0.5, 0.6) is 5.75 Å². The third kappa shape index (κ3) is 3.46. The Bertz CT molecular complexity index is 1150. The number of fused-ring (bicyclic) bond motifs is 1. The molecule has 3 rings (SSSR count). The zero-order valence-electron chi connectivity index (χ0n) is 15.6. The average Bonchev–Trinajstić information content (AvgIpc) is 2.95. The molecule has 1 atom stereocenters. The van der Waals surface area contributed by atoms with Crippen molar-refractivity contribution in [2.75, 3.05) is 7.11 Å². The number of methoxy groups -OCH3 is 1. The molecule has 10 heteroatoms. The molecular formula is C18H17N3O6S. The Morgan fingerprint density at radius 1 is 1.36 bits per heavy atom. The topological polar surface area (TPSA) is 124 Å². The van der Waals surface area contributed by atoms with Crippen LogP contribution in [0.4, 0.5) is 5.69 Å². The number of aromatic amines is 1. The van der Waals surface area contributed by atoms with Gasteiger partial charge >= 0.3 is 11.7 Å². The van der Waals surface area contributed by atoms with E-state index in [1.165, 1.54) is 30.6 Å². The first-order valence-corrected chi connectivity index (χ1v) is 9.08. The number of thiophene rings is 1. The first kappa shape index (κ1) is 19.5. The molecule has 0 aliphatic carbocycles. The average molecular weight is 403 g/mol. The van der Waals surface area contributed by atoms with E-state index in [2.05, 4.69) is 9.97 Å². The largest absolute Gasteiger partial charge is 0.490 e. The number of rotatable bonds is 5. The van der Waals surface area contributed by atoms with Gasteiger partial charge in [-0.15, -0.1) is 11.3 Å². The van der Waals surface area contributed by atoms with Gasteiger partial charge in [-0.1, -0.05) is 0 Å². The van der Waals surface area contributed by atoms with Crippen LogP contribution in [-0.4, -0.2) is 28.0 Å². The number of aromatic nitrogens is 2. The zero-order valence-corrected chi connectivity index (χ0v) is 16.4. The summed E-state index contributed by atoms with van der Waals surface area (Å²) in [6.07, 6.45) is -0.853. The molecule has 28 heavy (non-hydrogen) atoms. The number of H-pyrrole nitrogens is 1. The predicted molar refractivity (Wildman–Crippen MR) is 103 cm³/mol. The summed E-state index contributed by atoms with van der Waals surface area (Å²) in [6.45, 7) is 5.32. The van der Waals surface area contributed by atoms with Crippen LogP contribution in [0.2, 0.25) is 0 Å². The SMILES string of the molecule is COc1ccc(C(=O)O[C@H](C)c2nc3sc(C)c(C)c3c(=O)[nH]2)cc1[N+](=O)[O-]. The zero-order chi connectivity index (χ0) is 20.6. The maximum Gasteiger partial charge on any atom is 0.339 e. The van der Waals surface area contributed by atoms with Gasteiger partial charge < -0.3 is 14.5 Å². The number of nitro benzene ring substituents is 1. The molecular weight excluding hydrogens is 386 g/mol. The normalized spacial score (nSPS) is 12.0. The molecule has 0 aliphatic heterocycles. The van der Waals surface area contributed by atoms with Gasteiger partial charge in [-0.25, -0.2) is 9.78 Å². The van der Waals surface area contributed by atoms with Crippen LogP contribution in [0.15, 0.2) is 23.0 Å². The molecule has 0 saturated carbocycles. The lowest BCUT2D eigenvalue weighted by Crippen LogP contribution is -2.17. The van der Waals surface area contributed by atoms with Gasteiger partial charge in [-0.3, -0.25) is 14.9 Å². The second-order valence-corrected chi connectivity index (χ2v) is 7.31. The van der Waals surface area contributed by atoms with Gasteiger partial charge in [-0.05, 0) is 38.5 Å². The summed E-state index contributed by atoms with van der Waals surface area (Å²) in [4.78, 5) is 43.8. The molecule has 2 aromatic heterocycles. The minimum atomic E-state index is -0.853. The molecule has 146 valence electrons. The van der Waals surface area contributed by atoms with Crippen molar-refractivity contribution >= 4 is 33.2 Å². The molecule has 0 unspecified atom stereocenters. The van der Waals surface area contributed by atoms with Crippen LogP contribution in [0.25, 0.3) is 10.2 Å². The van der Waals surface area contributed by atoms with Crippen molar-refractivity contribution in [3.05, 3.63) is 60.5 Å². The highest BCUT2D eigenvalue weighted by atomic mass is 32.1. The fourth-order valence-corrected chi connectivity index (χ4v) is 3.74. The van der Waals surface area contributed by atoms with Gasteiger partial charge in [0.2, 0.25) is 0 Å². The number of nitrogens with zero attached hydrogens (tertiary/aromatic N) is 2. The third-order valence-corrected chi connectivity index (χ3v) is 5.44. The fourth-order valence-electron chi connectivity index (χ4n) is 2.71. The van der Waals surface area contributed by atoms with Crippen molar-refractivity contribution in [1.29, 1.82) is 0 Å². The summed E-state index contributed by atoms with van der Waals surface area (Å²) in [7, 11) is 1.30. The van der Waals surface area contributed by atoms with Crippen LogP contribution in [0.1, 0.15) is 39.7 Å². The van der Waals surface area contributed by atoms with E-state index in [4.69, 9.17) is 9.47 Å². The first-order chi connectivity index (χ1) is 13.2. The number of hydrogen-bond acceptors (Lipinski definition) is 8. The van der Waals surface area contributed by atoms with Gasteiger partial charge in [0, 0.05) is 10.9 Å². The fraction of sp³-hybridized carbons (Fsp3) is 0.278. The molecule has 1 aromatic carbocycles. The van der Waals surface area contributed by atoms with Crippen molar-refractivity contribution in [2.24, 2.45) is 0 Å². The molecule has 0 amide bonds. The second kappa shape index (κ2) is 7.39. The first-order valence-electron chi connectivity index (χ1n) is 8.26. The van der Waals surface area contributed by atoms with Gasteiger partial charge in [0.1, 0.15) is 4.83 Å². The van der Waals surface area contributed by atoms with Gasteiger partial charge in [0.05, 0.1) is 23.0 Å². The van der Waals surface area contributed by atoms with E-state index >= 15 is 0 Å². The molecule has 0 fully saturated rings. The Kier molecular flexibility index (Phi) is 5.14. The lowest BCUT2D eigenvalue weighted by atomic mass is 10.2. The lowest BCUT2D eigenvalue weighted by molar-refractivity contribution is -0.385. The van der Waals surface area contributed by atoms with Crippen LogP contribution in [0, 0.1) is 24.0 Å². The maximum absolute atomic E-state index is 12.4. The molecule has 0 radical (unpaired) electrons. The van der Waals surface area contributed by atoms with Crippen molar-refractivity contribution in [3.63, 3.8) is 0 Å². The van der Waals surface area contributed by atoms with Crippen LogP contribution < -0.4 is 10.3 Å². The summed E-state index contributed by atoms with van der Waals surface area (Å²) < 4.78 is 10.3. The van der Waals surface area contributed by atoms with E-state index in [1.807, 2.05) is 13.8 Å². The molecule has 9 nitrogen and oxygen atoms in total. The highest BCUT2D eigenvalue weighted by molar-refractivity contribution is 7.18. The monoisotopic (exact) mass is 403 g/mol. The highest BCUT2D eigenvalue weighted by Gasteiger charge is 2.22. The summed E-state index contributed by atoms with van der Waals surface area (Å²) in [5, 5.41) is 11.6. The number of nitro groups is 1. The predicted octanol–water partition coefficient (Wildman–Crippen LogP) is 3.44. The molecule has 1 N–H and O–H groups in total. The van der Waals surface area contributed by atoms with Crippen LogP contribution in [0.3, 0.4) is 0 Å². The quantitative estimate of drug-likeness (QED) is 0.393. The Balaban J connectivity index is 1.89. The number of nitrogens with one attached hydrogen (secondary N) is 1. The molecule has 0 spiro atoms. The minimum absolute atomic E-state index is 0.00872. The van der Waals surface area contributed by atoms with E-state index in [0.29, 0.717) is 10.2 Å². The number of hydrogen-bond donors (Lipinski definition) is 1. The van der Waals surface area contributed by atoms with E-state index in [1.54, 1.807) is 6.92 Å². The summed E-state index contributed by atoms with van der Waals surface area (Å²) in [5.41, 5.74) is 0.216. The van der Waals surface area contributed by atoms with Crippen LogP contribution >= 0.6 is 11.3 Å². The number of aryl methyl sites for hydroxylation is 2. The Hall–Kier alpha value is -3.27. The second-order valence-electron chi connectivity index (χ2n) is 6.11. The van der Waals surface area contributed by atoms with Gasteiger partial charge in [0.15, 0.2) is 17.7 Å². The Morgan fingerprint density at radius 3 is 2.71 bits per heavy atom. The van der Waals surface area contributed by atoms with Gasteiger partial charge in [0.25, 0.3) is 5.56 Å². The lowest BCUT2D eigenvalue weighted by Gasteiger charge is -2.13. The van der Waals surface area contributed by atoms with Crippen molar-refractivity contribution < 1.29 is 19.2 Å². The number of esters is 1. The summed E-state index contributed by atoms with van der Waals surface area (Å²) in [5.74, 6) is -0.538. The van der Waals surface area contributed by atoms with Crippen molar-refractivity contribution in [2.45, 2.75) is 26.9 Å². The molecule has 3 aromatic rings. The summed E-state index contributed by atoms with van der Waals surface area (Å²) >= 11 is 1.39. The Morgan fingerprint density at radius 2 is 2.07 bits per heavy atom. The minimum Gasteiger partial charge on any atom is -0.490 e. The molecule has 2 heterocycles. The van der Waals surface area contributed by atoms with Crippen molar-refractivity contribution in [1.82, 2.24) is 9.97 Å². The van der Waals surface area contributed by atoms with Crippen molar-refractivity contribution in [3.8, 4) is 5.75 Å². The summed E-state index contributed by atoms with van der Waals surface area (Å²) in [6, 6.07) is 3.77. The number of carbonyl (C=O) groups excluding carboxylic acids is 1. The maximum atomic E-state index is 12.4. The van der Waals surface area contributed by atoms with Gasteiger partial charge in [-0.2, -0.15) is 0 Å². The number of ether oxygens (including phenoxy) is 2. The van der Waals surface area contributed by atoms with E-state index < -0.39 is 17.0 Å². The number of benzene rings is 1. The molecule has 0 bridgehead atoms. The third-order valence-electron chi connectivity index (χ3n) is 4.34. The van der Waals surface area contributed by atoms with Crippen LogP contribution in [-0.2, 0) is 4.74 Å². The molecule has 0 saturated heterocycles. The highest BCUT2D eigenvalue weighted by Crippen LogP contribution is 2.29. The Labute approximate surface area is 163 Å². The van der Waals surface area contributed by atoms with E-state index in [-0.39, 0.29) is 28.4 Å². The molecule has 0 aliphatic rings. The smallest absolute Gasteiger partial charge is 0.339 e.